The van der Waals surface area contributed by atoms with Gasteiger partial charge in [-0.1, -0.05) is 0 Å². The highest BCUT2D eigenvalue weighted by Gasteiger charge is 2.11. The molecule has 0 bridgehead atoms. The summed E-state index contributed by atoms with van der Waals surface area (Å²) in [6.07, 6.45) is 3.50. The fourth-order valence-electron chi connectivity index (χ4n) is 2.05. The molecule has 0 fully saturated rings. The van der Waals surface area contributed by atoms with E-state index in [0.29, 0.717) is 12.2 Å². The highest BCUT2D eigenvalue weighted by atomic mass is 16.4. The highest BCUT2D eigenvalue weighted by Crippen LogP contribution is 2.25. The van der Waals surface area contributed by atoms with Gasteiger partial charge in [-0.05, 0) is 42.8 Å². The number of nitrogen functional groups attached to an aromatic ring is 1. The predicted molar refractivity (Wildman–Crippen MR) is 78.8 cm³/mol. The van der Waals surface area contributed by atoms with Gasteiger partial charge in [0.25, 0.3) is 0 Å². The van der Waals surface area contributed by atoms with Crippen LogP contribution in [-0.2, 0) is 6.54 Å². The number of aromatic carboxylic acids is 1. The number of hydrogen-bond acceptors (Lipinski definition) is 4. The molecule has 0 aliphatic carbocycles. The summed E-state index contributed by atoms with van der Waals surface area (Å²) in [5.74, 6) is -0.972. The van der Waals surface area contributed by atoms with E-state index in [1.165, 1.54) is 6.07 Å². The van der Waals surface area contributed by atoms with E-state index >= 15 is 0 Å². The van der Waals surface area contributed by atoms with Crippen LogP contribution in [0.15, 0.2) is 42.7 Å². The molecule has 0 saturated carbocycles. The van der Waals surface area contributed by atoms with Crippen molar-refractivity contribution in [3.8, 4) is 0 Å². The lowest BCUT2D eigenvalue weighted by molar-refractivity contribution is 0.0697. The minimum atomic E-state index is -0.972. The predicted octanol–water partition coefficient (Wildman–Crippen LogP) is 2.39. The molecule has 0 spiro atoms. The molecule has 2 rings (SSSR count). The summed E-state index contributed by atoms with van der Waals surface area (Å²) >= 11 is 0. The van der Waals surface area contributed by atoms with Gasteiger partial charge in [0.2, 0.25) is 0 Å². The van der Waals surface area contributed by atoms with Gasteiger partial charge < -0.3 is 15.7 Å². The molecule has 1 heterocycles. The number of anilines is 2. The van der Waals surface area contributed by atoms with Crippen molar-refractivity contribution >= 4 is 17.3 Å². The number of carboxylic acid groups (broad SMARTS) is 1. The summed E-state index contributed by atoms with van der Waals surface area (Å²) in [6.45, 7) is 3.51. The zero-order valence-electron chi connectivity index (χ0n) is 11.3. The Labute approximate surface area is 117 Å². The average molecular weight is 271 g/mol. The van der Waals surface area contributed by atoms with Crippen molar-refractivity contribution in [3.05, 3.63) is 53.9 Å². The van der Waals surface area contributed by atoms with Crippen LogP contribution in [-0.4, -0.2) is 22.6 Å². The Balaban J connectivity index is 2.26. The molecule has 5 heteroatoms. The maximum atomic E-state index is 10.9. The Morgan fingerprint density at radius 2 is 2.00 bits per heavy atom. The lowest BCUT2D eigenvalue weighted by Gasteiger charge is -2.24. The van der Waals surface area contributed by atoms with Crippen LogP contribution in [0.2, 0.25) is 0 Å². The third-order valence-electron chi connectivity index (χ3n) is 3.12. The van der Waals surface area contributed by atoms with E-state index in [1.54, 1.807) is 24.5 Å². The maximum Gasteiger partial charge on any atom is 0.335 e. The monoisotopic (exact) mass is 271 g/mol. The Hall–Kier alpha value is -2.56. The summed E-state index contributed by atoms with van der Waals surface area (Å²) in [5, 5.41) is 8.96. The second-order valence-corrected chi connectivity index (χ2v) is 4.45. The molecule has 0 aliphatic rings. The van der Waals surface area contributed by atoms with Gasteiger partial charge in [0.15, 0.2) is 0 Å². The summed E-state index contributed by atoms with van der Waals surface area (Å²) in [4.78, 5) is 17.0. The van der Waals surface area contributed by atoms with Gasteiger partial charge >= 0.3 is 5.97 Å². The summed E-state index contributed by atoms with van der Waals surface area (Å²) in [5.41, 5.74) is 8.62. The quantitative estimate of drug-likeness (QED) is 0.816. The molecule has 3 N–H and O–H groups in total. The number of carbonyl (C=O) groups is 1. The first-order valence-corrected chi connectivity index (χ1v) is 6.38. The first-order chi connectivity index (χ1) is 9.61. The topological polar surface area (TPSA) is 79.5 Å². The highest BCUT2D eigenvalue weighted by molar-refractivity contribution is 5.90. The second kappa shape index (κ2) is 6.06. The van der Waals surface area contributed by atoms with Crippen LogP contribution < -0.4 is 10.6 Å². The number of aromatic nitrogens is 1. The zero-order valence-corrected chi connectivity index (χ0v) is 11.3. The molecule has 1 aromatic carbocycles. The second-order valence-electron chi connectivity index (χ2n) is 4.45. The number of benzene rings is 1. The van der Waals surface area contributed by atoms with Crippen LogP contribution in [0.25, 0.3) is 0 Å². The lowest BCUT2D eigenvalue weighted by atomic mass is 10.1. The standard InChI is InChI=1S/C15H17N3O2/c1-2-18(10-11-5-7-17-8-6-11)14-4-3-12(15(19)20)9-13(14)16/h3-9H,2,10,16H2,1H3,(H,19,20). The molecule has 104 valence electrons. The molecule has 20 heavy (non-hydrogen) atoms. The van der Waals surface area contributed by atoms with Crippen LogP contribution in [0.5, 0.6) is 0 Å². The molecule has 5 nitrogen and oxygen atoms in total. The van der Waals surface area contributed by atoms with Crippen molar-refractivity contribution < 1.29 is 9.90 Å². The number of pyridine rings is 1. The van der Waals surface area contributed by atoms with E-state index in [4.69, 9.17) is 10.8 Å². The molecular formula is C15H17N3O2. The van der Waals surface area contributed by atoms with Gasteiger partial charge in [0.1, 0.15) is 0 Å². The third kappa shape index (κ3) is 3.06. The Kier molecular flexibility index (Phi) is 4.20. The van der Waals surface area contributed by atoms with Gasteiger partial charge in [-0.15, -0.1) is 0 Å². The van der Waals surface area contributed by atoms with Gasteiger partial charge in [-0.25, -0.2) is 4.79 Å². The number of hydrogen-bond donors (Lipinski definition) is 2. The normalized spacial score (nSPS) is 10.2. The van der Waals surface area contributed by atoms with E-state index < -0.39 is 5.97 Å². The van der Waals surface area contributed by atoms with Crippen LogP contribution in [0.4, 0.5) is 11.4 Å². The molecule has 0 radical (unpaired) electrons. The Morgan fingerprint density at radius 3 is 2.55 bits per heavy atom. The van der Waals surface area contributed by atoms with Gasteiger partial charge in [-0.3, -0.25) is 4.98 Å². The smallest absolute Gasteiger partial charge is 0.335 e. The zero-order chi connectivity index (χ0) is 14.5. The van der Waals surface area contributed by atoms with E-state index in [9.17, 15) is 4.79 Å². The minimum Gasteiger partial charge on any atom is -0.478 e. The number of nitrogens with two attached hydrogens (primary N) is 1. The number of nitrogens with zero attached hydrogens (tertiary/aromatic N) is 2. The molecular weight excluding hydrogens is 254 g/mol. The van der Waals surface area contributed by atoms with E-state index in [2.05, 4.69) is 9.88 Å². The van der Waals surface area contributed by atoms with Crippen LogP contribution in [0.1, 0.15) is 22.8 Å². The Morgan fingerprint density at radius 1 is 1.30 bits per heavy atom. The summed E-state index contributed by atoms with van der Waals surface area (Å²) in [7, 11) is 0. The van der Waals surface area contributed by atoms with Crippen LogP contribution in [0, 0.1) is 0 Å². The summed E-state index contributed by atoms with van der Waals surface area (Å²) < 4.78 is 0. The van der Waals surface area contributed by atoms with Crippen molar-refractivity contribution in [1.29, 1.82) is 0 Å². The fraction of sp³-hybridized carbons (Fsp3) is 0.200. The SMILES string of the molecule is CCN(Cc1ccncc1)c1ccc(C(=O)O)cc1N. The minimum absolute atomic E-state index is 0.200. The van der Waals surface area contributed by atoms with Crippen molar-refractivity contribution in [1.82, 2.24) is 4.98 Å². The van der Waals surface area contributed by atoms with Crippen molar-refractivity contribution in [2.45, 2.75) is 13.5 Å². The van der Waals surface area contributed by atoms with E-state index in [0.717, 1.165) is 17.8 Å². The Bertz CT molecular complexity index is 599. The molecule has 0 amide bonds. The largest absolute Gasteiger partial charge is 0.478 e. The molecule has 0 unspecified atom stereocenters. The first kappa shape index (κ1) is 13.9. The van der Waals surface area contributed by atoms with Gasteiger partial charge in [-0.2, -0.15) is 0 Å². The maximum absolute atomic E-state index is 10.9. The molecule has 0 aliphatic heterocycles. The van der Waals surface area contributed by atoms with Crippen molar-refractivity contribution in [3.63, 3.8) is 0 Å². The van der Waals surface area contributed by atoms with Gasteiger partial charge in [0, 0.05) is 25.5 Å². The lowest BCUT2D eigenvalue weighted by Crippen LogP contribution is -2.23. The van der Waals surface area contributed by atoms with Crippen LogP contribution in [0.3, 0.4) is 0 Å². The molecule has 2 aromatic rings. The summed E-state index contributed by atoms with van der Waals surface area (Å²) in [6, 6.07) is 8.72. The first-order valence-electron chi connectivity index (χ1n) is 6.38. The number of rotatable bonds is 5. The average Bonchev–Trinajstić information content (AvgIpc) is 2.46. The van der Waals surface area contributed by atoms with Crippen molar-refractivity contribution in [2.75, 3.05) is 17.2 Å². The molecule has 0 atom stereocenters. The number of carboxylic acids is 1. The van der Waals surface area contributed by atoms with E-state index in [1.807, 2.05) is 19.1 Å². The van der Waals surface area contributed by atoms with Crippen molar-refractivity contribution in [2.24, 2.45) is 0 Å². The fourth-order valence-corrected chi connectivity index (χ4v) is 2.05. The van der Waals surface area contributed by atoms with Crippen LogP contribution >= 0.6 is 0 Å². The molecule has 0 saturated heterocycles. The molecule has 1 aromatic heterocycles. The van der Waals surface area contributed by atoms with E-state index in [-0.39, 0.29) is 5.56 Å². The van der Waals surface area contributed by atoms with Gasteiger partial charge in [0.05, 0.1) is 16.9 Å². The third-order valence-corrected chi connectivity index (χ3v) is 3.12.